The maximum atomic E-state index is 6.12. The predicted molar refractivity (Wildman–Crippen MR) is 253 cm³/mol. The molecule has 0 fully saturated rings. The summed E-state index contributed by atoms with van der Waals surface area (Å²) in [6, 6.07) is 63.2. The van der Waals surface area contributed by atoms with Gasteiger partial charge in [-0.05, 0) is 125 Å². The maximum absolute atomic E-state index is 6.12. The van der Waals surface area contributed by atoms with Crippen LogP contribution in [0.5, 0.6) is 11.5 Å². The third-order valence-electron chi connectivity index (χ3n) is 13.9. The molecule has 0 saturated carbocycles. The van der Waals surface area contributed by atoms with E-state index in [-0.39, 0.29) is 13.4 Å². The molecule has 0 bridgehead atoms. The highest BCUT2D eigenvalue weighted by Gasteiger charge is 2.45. The molecule has 10 aromatic carbocycles. The highest BCUT2D eigenvalue weighted by atomic mass is 16.5. The number of fused-ring (bicyclic) bond motifs is 8. The van der Waals surface area contributed by atoms with E-state index in [1.165, 1.54) is 110 Å². The molecule has 0 spiro atoms. The Hall–Kier alpha value is -7.43. The van der Waals surface area contributed by atoms with E-state index in [1.54, 1.807) is 14.2 Å². The first-order chi connectivity index (χ1) is 29.7. The number of ether oxygens (including phenoxy) is 2. The van der Waals surface area contributed by atoms with Gasteiger partial charge in [-0.3, -0.25) is 0 Å². The van der Waals surface area contributed by atoms with Gasteiger partial charge in [0.1, 0.15) is 11.5 Å². The molecule has 0 radical (unpaired) electrons. The third kappa shape index (κ3) is 3.99. The van der Waals surface area contributed by atoms with Crippen molar-refractivity contribution in [3.63, 3.8) is 0 Å². The van der Waals surface area contributed by atoms with E-state index in [4.69, 9.17) is 9.47 Å². The van der Waals surface area contributed by atoms with Gasteiger partial charge in [0.05, 0.1) is 14.2 Å². The van der Waals surface area contributed by atoms with Crippen molar-refractivity contribution in [2.75, 3.05) is 24.0 Å². The van der Waals surface area contributed by atoms with Crippen molar-refractivity contribution in [2.45, 2.75) is 0 Å². The Morgan fingerprint density at radius 3 is 1.20 bits per heavy atom. The van der Waals surface area contributed by atoms with Crippen molar-refractivity contribution in [2.24, 2.45) is 0 Å². The SMILES string of the molecule is COc1cc2c3c(c1)N(c1ccccc1)c1ccccc1B3c1cc3ccc4c5c(cc6ccc-2c1c6c35)B1c2ccccc2N(c2ccccc2)c2cc(OC)cc-4c21. The molecule has 0 saturated heterocycles. The van der Waals surface area contributed by atoms with Gasteiger partial charge in [0.15, 0.2) is 0 Å². The molecule has 0 atom stereocenters. The van der Waals surface area contributed by atoms with Crippen LogP contribution in [0.1, 0.15) is 0 Å². The smallest absolute Gasteiger partial charge is 0.248 e. The van der Waals surface area contributed by atoms with Gasteiger partial charge >= 0.3 is 0 Å². The van der Waals surface area contributed by atoms with Crippen LogP contribution < -0.4 is 52.1 Å². The summed E-state index contributed by atoms with van der Waals surface area (Å²) in [7, 11) is 3.58. The lowest BCUT2D eigenvalue weighted by atomic mass is 9.31. The number of benzene rings is 10. The van der Waals surface area contributed by atoms with Crippen LogP contribution in [0.3, 0.4) is 0 Å². The quantitative estimate of drug-likeness (QED) is 0.132. The van der Waals surface area contributed by atoms with E-state index < -0.39 is 0 Å². The van der Waals surface area contributed by atoms with Crippen molar-refractivity contribution < 1.29 is 9.47 Å². The highest BCUT2D eigenvalue weighted by molar-refractivity contribution is 7.02. The summed E-state index contributed by atoms with van der Waals surface area (Å²) in [6.07, 6.45) is 0. The molecule has 4 aliphatic rings. The monoisotopic (exact) mass is 764 g/mol. The van der Waals surface area contributed by atoms with Gasteiger partial charge in [-0.1, -0.05) is 120 Å². The number of nitrogens with zero attached hydrogens (tertiary/aromatic N) is 2. The minimum atomic E-state index is 0.0485. The Balaban J connectivity index is 1.11. The molecule has 14 rings (SSSR count). The van der Waals surface area contributed by atoms with Crippen LogP contribution in [0, 0.1) is 0 Å². The fraction of sp³-hybridized carbons (Fsp3) is 0.0370. The van der Waals surface area contributed by atoms with Gasteiger partial charge in [-0.2, -0.15) is 0 Å². The zero-order valence-electron chi connectivity index (χ0n) is 33.0. The van der Waals surface area contributed by atoms with Crippen molar-refractivity contribution in [1.29, 1.82) is 0 Å². The van der Waals surface area contributed by atoms with E-state index in [0.717, 1.165) is 22.9 Å². The lowest BCUT2D eigenvalue weighted by Crippen LogP contribution is -2.60. The molecule has 4 heterocycles. The number of methoxy groups -OCH3 is 2. The number of para-hydroxylation sites is 4. The topological polar surface area (TPSA) is 24.9 Å². The van der Waals surface area contributed by atoms with E-state index in [9.17, 15) is 0 Å². The molecule has 0 aromatic heterocycles. The second-order valence-electron chi connectivity index (χ2n) is 16.6. The lowest BCUT2D eigenvalue weighted by Gasteiger charge is -2.42. The Kier molecular flexibility index (Phi) is 6.29. The summed E-state index contributed by atoms with van der Waals surface area (Å²) in [5, 5.41) is 7.95. The molecule has 4 aliphatic heterocycles. The van der Waals surface area contributed by atoms with Gasteiger partial charge < -0.3 is 19.3 Å². The molecule has 4 nitrogen and oxygen atoms in total. The van der Waals surface area contributed by atoms with Crippen LogP contribution >= 0.6 is 0 Å². The molecule has 0 aliphatic carbocycles. The third-order valence-corrected chi connectivity index (χ3v) is 13.9. The summed E-state index contributed by atoms with van der Waals surface area (Å²) in [5.74, 6) is 1.72. The first kappa shape index (κ1) is 32.5. The maximum Gasteiger partial charge on any atom is 0.248 e. The van der Waals surface area contributed by atoms with Gasteiger partial charge in [0.25, 0.3) is 0 Å². The first-order valence-corrected chi connectivity index (χ1v) is 20.8. The minimum Gasteiger partial charge on any atom is -0.497 e. The molecule has 0 amide bonds. The van der Waals surface area contributed by atoms with E-state index >= 15 is 0 Å². The van der Waals surface area contributed by atoms with Crippen LogP contribution in [0.25, 0.3) is 54.6 Å². The second kappa shape index (κ2) is 11.6. The molecule has 0 unspecified atom stereocenters. The molecule has 60 heavy (non-hydrogen) atoms. The van der Waals surface area contributed by atoms with Gasteiger partial charge in [-0.25, -0.2) is 0 Å². The molecule has 0 N–H and O–H groups in total. The van der Waals surface area contributed by atoms with Crippen molar-refractivity contribution in [3.05, 3.63) is 170 Å². The predicted octanol–water partition coefficient (Wildman–Crippen LogP) is 9.16. The summed E-state index contributed by atoms with van der Waals surface area (Å²) in [6.45, 7) is 0.0970. The first-order valence-electron chi connectivity index (χ1n) is 20.8. The average molecular weight is 765 g/mol. The number of rotatable bonds is 4. The minimum absolute atomic E-state index is 0.0485. The molecule has 278 valence electrons. The Labute approximate surface area is 348 Å². The summed E-state index contributed by atoms with van der Waals surface area (Å²) < 4.78 is 12.2. The fourth-order valence-corrected chi connectivity index (χ4v) is 11.7. The summed E-state index contributed by atoms with van der Waals surface area (Å²) in [4.78, 5) is 4.86. The zero-order valence-corrected chi connectivity index (χ0v) is 33.0. The standard InChI is InChI=1S/C54H34B2N2O2/c1-59-35-27-39-37-23-21-31-26-44-52-38(40-28-36(60-2)30-48-54(40)56(44)42-18-10-12-20-46(42)58(48)34-15-7-4-8-16-34)24-22-32-25-43(51(37)49(31)50(32)52)55-41-17-9-11-19-45(41)57(47(29-35)53(39)55)33-13-5-3-6-14-33/h3-30H,1-2H3. The van der Waals surface area contributed by atoms with Crippen LogP contribution in [0.15, 0.2) is 170 Å². The second-order valence-corrected chi connectivity index (χ2v) is 16.6. The highest BCUT2D eigenvalue weighted by Crippen LogP contribution is 2.49. The zero-order chi connectivity index (χ0) is 39.4. The lowest BCUT2D eigenvalue weighted by molar-refractivity contribution is 0.415. The molecular formula is C54H34B2N2O2. The number of hydrogen-bond donors (Lipinski definition) is 0. The molecule has 6 heteroatoms. The number of anilines is 6. The van der Waals surface area contributed by atoms with Gasteiger partial charge in [-0.15, -0.1) is 0 Å². The Morgan fingerprint density at radius 1 is 0.350 bits per heavy atom. The molecule has 10 aromatic rings. The Morgan fingerprint density at radius 2 is 0.767 bits per heavy atom. The number of hydrogen-bond acceptors (Lipinski definition) is 4. The van der Waals surface area contributed by atoms with Gasteiger partial charge in [0.2, 0.25) is 13.4 Å². The van der Waals surface area contributed by atoms with E-state index in [2.05, 4.69) is 180 Å². The summed E-state index contributed by atoms with van der Waals surface area (Å²) >= 11 is 0. The summed E-state index contributed by atoms with van der Waals surface area (Å²) in [5.41, 5.74) is 20.1. The average Bonchev–Trinajstić information content (AvgIpc) is 3.31. The van der Waals surface area contributed by atoms with E-state index in [0.29, 0.717) is 0 Å². The van der Waals surface area contributed by atoms with Gasteiger partial charge in [0, 0.05) is 46.3 Å². The Bertz CT molecular complexity index is 3260. The van der Waals surface area contributed by atoms with Crippen LogP contribution in [0.4, 0.5) is 34.1 Å². The normalized spacial score (nSPS) is 13.7. The van der Waals surface area contributed by atoms with Crippen LogP contribution in [0.2, 0.25) is 0 Å². The van der Waals surface area contributed by atoms with Crippen LogP contribution in [-0.4, -0.2) is 27.6 Å². The molecular weight excluding hydrogens is 730 g/mol. The fourth-order valence-electron chi connectivity index (χ4n) is 11.7. The van der Waals surface area contributed by atoms with Crippen molar-refractivity contribution in [1.82, 2.24) is 0 Å². The van der Waals surface area contributed by atoms with Crippen molar-refractivity contribution >= 4 is 113 Å². The van der Waals surface area contributed by atoms with E-state index in [1.807, 2.05) is 0 Å². The largest absolute Gasteiger partial charge is 0.497 e. The van der Waals surface area contributed by atoms with Crippen molar-refractivity contribution in [3.8, 4) is 33.8 Å². The van der Waals surface area contributed by atoms with Crippen LogP contribution in [-0.2, 0) is 0 Å².